The normalized spacial score (nSPS) is 20.7. The molecule has 2 fully saturated rings. The number of carbonyl (C=O) groups is 3. The maximum Gasteiger partial charge on any atom is 0.335 e. The smallest absolute Gasteiger partial charge is 0.276 e. The number of nitrogens with one attached hydrogen (secondary N) is 1. The maximum atomic E-state index is 13.8. The first kappa shape index (κ1) is 12.3. The van der Waals surface area contributed by atoms with Crippen LogP contribution in [0, 0.1) is 11.2 Å². The number of rotatable bonds is 1. The lowest BCUT2D eigenvalue weighted by molar-refractivity contribution is -0.136. The quantitative estimate of drug-likeness (QED) is 0.802. The van der Waals surface area contributed by atoms with Crippen LogP contribution in [-0.4, -0.2) is 17.8 Å². The van der Waals surface area contributed by atoms with Gasteiger partial charge in [-0.2, -0.15) is 0 Å². The highest BCUT2D eigenvalue weighted by Crippen LogP contribution is 2.49. The zero-order valence-electron chi connectivity index (χ0n) is 9.57. The van der Waals surface area contributed by atoms with Gasteiger partial charge in [-0.05, 0) is 31.0 Å². The van der Waals surface area contributed by atoms with Crippen molar-refractivity contribution in [2.45, 2.75) is 12.8 Å². The number of benzene rings is 1. The molecule has 1 saturated carbocycles. The van der Waals surface area contributed by atoms with E-state index in [0.29, 0.717) is 22.2 Å². The van der Waals surface area contributed by atoms with Crippen LogP contribution in [0.2, 0.25) is 0 Å². The van der Waals surface area contributed by atoms with Gasteiger partial charge in [0.2, 0.25) is 5.91 Å². The highest BCUT2D eigenvalue weighted by atomic mass is 79.9. The number of imide groups is 2. The number of amides is 4. The van der Waals surface area contributed by atoms with Gasteiger partial charge in [-0.25, -0.2) is 14.1 Å². The molecule has 1 aliphatic carbocycles. The molecule has 1 aromatic carbocycles. The Morgan fingerprint density at radius 3 is 2.58 bits per heavy atom. The summed E-state index contributed by atoms with van der Waals surface area (Å²) in [5.41, 5.74) is -1.33. The summed E-state index contributed by atoms with van der Waals surface area (Å²) in [5, 5.41) is 2.10. The first-order valence-electron chi connectivity index (χ1n) is 5.61. The van der Waals surface area contributed by atoms with Crippen LogP contribution in [0.25, 0.3) is 0 Å². The van der Waals surface area contributed by atoms with Gasteiger partial charge in [-0.3, -0.25) is 14.9 Å². The van der Waals surface area contributed by atoms with Crippen LogP contribution in [0.5, 0.6) is 0 Å². The predicted octanol–water partition coefficient (Wildman–Crippen LogP) is 1.95. The maximum absolute atomic E-state index is 13.8. The average Bonchev–Trinajstić information content (AvgIpc) is 3.13. The SMILES string of the molecule is O=C1NC(=O)C2(CC2)C(=O)N1c1cc(Br)ccc1F. The van der Waals surface area contributed by atoms with Gasteiger partial charge in [0.05, 0.1) is 5.69 Å². The van der Waals surface area contributed by atoms with Gasteiger partial charge in [0.25, 0.3) is 5.91 Å². The lowest BCUT2D eigenvalue weighted by atomic mass is 10.0. The number of anilines is 1. The first-order valence-corrected chi connectivity index (χ1v) is 6.40. The number of carbonyl (C=O) groups excluding carboxylic acids is 3. The fourth-order valence-corrected chi connectivity index (χ4v) is 2.47. The second-order valence-corrected chi connectivity index (χ2v) is 5.49. The standard InChI is InChI=1S/C12H8BrFN2O3/c13-6-1-2-7(14)8(5-6)16-10(18)12(3-4-12)9(17)15-11(16)19/h1-2,5H,3-4H2,(H,15,17,19). The molecule has 98 valence electrons. The number of barbiturate groups is 1. The van der Waals surface area contributed by atoms with E-state index >= 15 is 0 Å². The van der Waals surface area contributed by atoms with Gasteiger partial charge in [0.1, 0.15) is 11.2 Å². The molecule has 2 aliphatic rings. The van der Waals surface area contributed by atoms with Crippen molar-refractivity contribution in [2.24, 2.45) is 5.41 Å². The highest BCUT2D eigenvalue weighted by molar-refractivity contribution is 9.10. The van der Waals surface area contributed by atoms with Crippen molar-refractivity contribution in [3.63, 3.8) is 0 Å². The Hall–Kier alpha value is -1.76. The van der Waals surface area contributed by atoms with Gasteiger partial charge in [-0.15, -0.1) is 0 Å². The fourth-order valence-electron chi connectivity index (χ4n) is 2.12. The largest absolute Gasteiger partial charge is 0.335 e. The van der Waals surface area contributed by atoms with Gasteiger partial charge >= 0.3 is 6.03 Å². The third kappa shape index (κ3) is 1.68. The summed E-state index contributed by atoms with van der Waals surface area (Å²) in [7, 11) is 0. The molecule has 0 aromatic heterocycles. The van der Waals surface area contributed by atoms with E-state index in [-0.39, 0.29) is 5.69 Å². The van der Waals surface area contributed by atoms with Crippen LogP contribution < -0.4 is 10.2 Å². The molecular weight excluding hydrogens is 319 g/mol. The Bertz CT molecular complexity index is 627. The number of nitrogens with zero attached hydrogens (tertiary/aromatic N) is 1. The van der Waals surface area contributed by atoms with Crippen molar-refractivity contribution in [2.75, 3.05) is 4.90 Å². The molecule has 19 heavy (non-hydrogen) atoms. The van der Waals surface area contributed by atoms with Gasteiger partial charge in [0.15, 0.2) is 0 Å². The van der Waals surface area contributed by atoms with Crippen LogP contribution >= 0.6 is 15.9 Å². The Morgan fingerprint density at radius 1 is 1.26 bits per heavy atom. The molecule has 1 spiro atoms. The molecule has 1 heterocycles. The van der Waals surface area contributed by atoms with Gasteiger partial charge in [-0.1, -0.05) is 15.9 Å². The topological polar surface area (TPSA) is 66.5 Å². The van der Waals surface area contributed by atoms with Crippen LogP contribution in [-0.2, 0) is 9.59 Å². The summed E-state index contributed by atoms with van der Waals surface area (Å²) in [5.74, 6) is -1.94. The molecule has 1 saturated heterocycles. The Kier molecular flexibility index (Phi) is 2.50. The molecule has 1 aliphatic heterocycles. The van der Waals surface area contributed by atoms with E-state index in [9.17, 15) is 18.8 Å². The van der Waals surface area contributed by atoms with Crippen molar-refractivity contribution in [1.29, 1.82) is 0 Å². The zero-order valence-corrected chi connectivity index (χ0v) is 11.2. The van der Waals surface area contributed by atoms with Crippen LogP contribution in [0.1, 0.15) is 12.8 Å². The van der Waals surface area contributed by atoms with Crippen LogP contribution in [0.15, 0.2) is 22.7 Å². The third-order valence-corrected chi connectivity index (χ3v) is 3.86. The lowest BCUT2D eigenvalue weighted by Gasteiger charge is -2.30. The van der Waals surface area contributed by atoms with E-state index in [4.69, 9.17) is 0 Å². The van der Waals surface area contributed by atoms with E-state index < -0.39 is 29.1 Å². The zero-order chi connectivity index (χ0) is 13.8. The summed E-state index contributed by atoms with van der Waals surface area (Å²) >= 11 is 3.16. The van der Waals surface area contributed by atoms with Crippen molar-refractivity contribution in [3.05, 3.63) is 28.5 Å². The van der Waals surface area contributed by atoms with Gasteiger partial charge < -0.3 is 0 Å². The molecule has 0 unspecified atom stereocenters. The van der Waals surface area contributed by atoms with Crippen molar-refractivity contribution >= 4 is 39.5 Å². The molecular formula is C12H8BrFN2O3. The molecule has 0 radical (unpaired) electrons. The molecule has 7 heteroatoms. The molecule has 1 N–H and O–H groups in total. The fraction of sp³-hybridized carbons (Fsp3) is 0.250. The monoisotopic (exact) mass is 326 g/mol. The summed E-state index contributed by atoms with van der Waals surface area (Å²) < 4.78 is 14.3. The lowest BCUT2D eigenvalue weighted by Crippen LogP contribution is -2.59. The van der Waals surface area contributed by atoms with Crippen LogP contribution in [0.3, 0.4) is 0 Å². The average molecular weight is 327 g/mol. The van der Waals surface area contributed by atoms with E-state index in [2.05, 4.69) is 21.2 Å². The highest BCUT2D eigenvalue weighted by Gasteiger charge is 2.62. The minimum atomic E-state index is -1.18. The van der Waals surface area contributed by atoms with E-state index in [1.165, 1.54) is 12.1 Å². The number of hydrogen-bond acceptors (Lipinski definition) is 3. The molecule has 3 rings (SSSR count). The Morgan fingerprint density at radius 2 is 1.95 bits per heavy atom. The third-order valence-electron chi connectivity index (χ3n) is 3.37. The van der Waals surface area contributed by atoms with Gasteiger partial charge in [0, 0.05) is 4.47 Å². The second kappa shape index (κ2) is 3.86. The molecule has 4 amide bonds. The van der Waals surface area contributed by atoms with E-state index in [0.717, 1.165) is 6.07 Å². The second-order valence-electron chi connectivity index (χ2n) is 4.58. The van der Waals surface area contributed by atoms with E-state index in [1.807, 2.05) is 0 Å². The van der Waals surface area contributed by atoms with Crippen molar-refractivity contribution in [1.82, 2.24) is 5.32 Å². The number of urea groups is 1. The van der Waals surface area contributed by atoms with Crippen molar-refractivity contribution < 1.29 is 18.8 Å². The molecule has 0 bridgehead atoms. The number of halogens is 2. The molecule has 0 atom stereocenters. The summed E-state index contributed by atoms with van der Waals surface area (Å²) in [6, 6.07) is 3.03. The summed E-state index contributed by atoms with van der Waals surface area (Å²) in [4.78, 5) is 36.4. The Balaban J connectivity index is 2.08. The summed E-state index contributed by atoms with van der Waals surface area (Å²) in [6.07, 6.45) is 0.772. The first-order chi connectivity index (χ1) is 8.95. The Labute approximate surface area is 115 Å². The van der Waals surface area contributed by atoms with Crippen molar-refractivity contribution in [3.8, 4) is 0 Å². The predicted molar refractivity (Wildman–Crippen MR) is 66.8 cm³/mol. The summed E-state index contributed by atoms with van der Waals surface area (Å²) in [6.45, 7) is 0. The molecule has 5 nitrogen and oxygen atoms in total. The minimum Gasteiger partial charge on any atom is -0.276 e. The minimum absolute atomic E-state index is 0.157. The molecule has 1 aromatic rings. The number of hydrogen-bond donors (Lipinski definition) is 1. The van der Waals surface area contributed by atoms with E-state index in [1.54, 1.807) is 0 Å². The van der Waals surface area contributed by atoms with Crippen LogP contribution in [0.4, 0.5) is 14.9 Å².